The van der Waals surface area contributed by atoms with Gasteiger partial charge in [-0.25, -0.2) is 0 Å². The Morgan fingerprint density at radius 1 is 1.05 bits per heavy atom. The summed E-state index contributed by atoms with van der Waals surface area (Å²) in [7, 11) is 3.25. The lowest BCUT2D eigenvalue weighted by molar-refractivity contribution is 0.354. The number of nitrogens with one attached hydrogen (secondary N) is 1. The minimum absolute atomic E-state index is 0.661. The molecule has 0 spiro atoms. The van der Waals surface area contributed by atoms with Gasteiger partial charge in [-0.15, -0.1) is 0 Å². The molecule has 21 heavy (non-hydrogen) atoms. The van der Waals surface area contributed by atoms with Crippen LogP contribution in [0.25, 0.3) is 0 Å². The molecule has 1 heterocycles. The first kappa shape index (κ1) is 15.7. The van der Waals surface area contributed by atoms with Crippen molar-refractivity contribution in [3.05, 3.63) is 46.0 Å². The highest BCUT2D eigenvalue weighted by molar-refractivity contribution is 9.10. The van der Waals surface area contributed by atoms with E-state index in [1.807, 2.05) is 19.1 Å². The Bertz CT molecular complexity index is 603. The van der Waals surface area contributed by atoms with E-state index in [4.69, 9.17) is 9.47 Å². The van der Waals surface area contributed by atoms with Gasteiger partial charge in [0.05, 0.1) is 25.6 Å². The zero-order valence-corrected chi connectivity index (χ0v) is 13.9. The molecule has 0 amide bonds. The van der Waals surface area contributed by atoms with Crippen LogP contribution in [-0.4, -0.2) is 24.2 Å². The molecule has 2 rings (SSSR count). The van der Waals surface area contributed by atoms with Crippen molar-refractivity contribution in [3.63, 3.8) is 0 Å². The van der Waals surface area contributed by atoms with Crippen LogP contribution < -0.4 is 14.8 Å². The molecule has 0 aliphatic rings. The van der Waals surface area contributed by atoms with Gasteiger partial charge in [-0.2, -0.15) is 0 Å². The van der Waals surface area contributed by atoms with Crippen LogP contribution in [-0.2, 0) is 13.1 Å². The van der Waals surface area contributed by atoms with Crippen LogP contribution in [0, 0.1) is 6.92 Å². The quantitative estimate of drug-likeness (QED) is 0.867. The summed E-state index contributed by atoms with van der Waals surface area (Å²) in [5.74, 6) is 1.42. The Balaban J connectivity index is 2.01. The fraction of sp³-hybridized carbons (Fsp3) is 0.333. The van der Waals surface area contributed by atoms with Gasteiger partial charge in [-0.1, -0.05) is 15.9 Å². The molecule has 1 aromatic heterocycles. The molecule has 0 fully saturated rings. The van der Waals surface area contributed by atoms with Crippen LogP contribution in [0.15, 0.2) is 29.0 Å². The number of hydrogen-bond donors (Lipinski definition) is 1. The van der Waals surface area contributed by atoms with Gasteiger partial charge in [-0.05, 0) is 24.6 Å². The topological polar surface area (TPSA) is 56.3 Å². The van der Waals surface area contributed by atoms with Crippen LogP contribution in [0.1, 0.15) is 17.0 Å². The summed E-state index contributed by atoms with van der Waals surface area (Å²) in [4.78, 5) is 8.54. The predicted molar refractivity (Wildman–Crippen MR) is 84.6 cm³/mol. The van der Waals surface area contributed by atoms with Gasteiger partial charge < -0.3 is 14.8 Å². The van der Waals surface area contributed by atoms with Gasteiger partial charge in [0.2, 0.25) is 0 Å². The number of nitrogens with zero attached hydrogens (tertiary/aromatic N) is 2. The van der Waals surface area contributed by atoms with Gasteiger partial charge >= 0.3 is 0 Å². The molecular weight excluding hydrogens is 334 g/mol. The summed E-state index contributed by atoms with van der Waals surface area (Å²) in [6, 6.07) is 3.86. The molecular formula is C15H18BrN3O2. The third-order valence-electron chi connectivity index (χ3n) is 3.01. The fourth-order valence-electron chi connectivity index (χ4n) is 1.87. The first-order valence-corrected chi connectivity index (χ1v) is 7.32. The third-order valence-corrected chi connectivity index (χ3v) is 3.75. The number of aryl methyl sites for hydroxylation is 1. The normalized spacial score (nSPS) is 10.5. The molecule has 0 radical (unpaired) electrons. The Morgan fingerprint density at radius 3 is 2.38 bits per heavy atom. The predicted octanol–water partition coefficient (Wildman–Crippen LogP) is 2.85. The smallest absolute Gasteiger partial charge is 0.161 e. The standard InChI is InChI=1S/C15H18BrN3O2/c1-10-6-19-12(9-18-10)8-17-7-11-4-14(20-2)15(21-3)5-13(11)16/h4-6,9,17H,7-8H2,1-3H3. The molecule has 0 aliphatic heterocycles. The highest BCUT2D eigenvalue weighted by atomic mass is 79.9. The van der Waals surface area contributed by atoms with Gasteiger partial charge in [0.15, 0.2) is 11.5 Å². The van der Waals surface area contributed by atoms with Crippen LogP contribution in [0.4, 0.5) is 0 Å². The molecule has 0 saturated carbocycles. The van der Waals surface area contributed by atoms with Crippen molar-refractivity contribution in [3.8, 4) is 11.5 Å². The number of hydrogen-bond acceptors (Lipinski definition) is 5. The number of halogens is 1. The van der Waals surface area contributed by atoms with Crippen molar-refractivity contribution in [1.82, 2.24) is 15.3 Å². The summed E-state index contributed by atoms with van der Waals surface area (Å²) >= 11 is 3.54. The average Bonchev–Trinajstić information content (AvgIpc) is 2.50. The second kappa shape index (κ2) is 7.38. The minimum atomic E-state index is 0.661. The first-order valence-electron chi connectivity index (χ1n) is 6.52. The molecule has 1 N–H and O–H groups in total. The maximum atomic E-state index is 5.31. The Hall–Kier alpha value is -1.66. The maximum absolute atomic E-state index is 5.31. The third kappa shape index (κ3) is 4.15. The Morgan fingerprint density at radius 2 is 1.76 bits per heavy atom. The molecule has 2 aromatic rings. The SMILES string of the molecule is COc1cc(Br)c(CNCc2cnc(C)cn2)cc1OC. The number of rotatable bonds is 6. The van der Waals surface area contributed by atoms with E-state index >= 15 is 0 Å². The van der Waals surface area contributed by atoms with E-state index in [2.05, 4.69) is 31.2 Å². The molecule has 1 aromatic carbocycles. The van der Waals surface area contributed by atoms with Crippen LogP contribution in [0.2, 0.25) is 0 Å². The lowest BCUT2D eigenvalue weighted by atomic mass is 10.2. The monoisotopic (exact) mass is 351 g/mol. The van der Waals surface area contributed by atoms with Crippen LogP contribution in [0.3, 0.4) is 0 Å². The second-order valence-electron chi connectivity index (χ2n) is 4.55. The Kier molecular flexibility index (Phi) is 5.52. The number of ether oxygens (including phenoxy) is 2. The van der Waals surface area contributed by atoms with Crippen molar-refractivity contribution >= 4 is 15.9 Å². The fourth-order valence-corrected chi connectivity index (χ4v) is 2.33. The van der Waals surface area contributed by atoms with Gasteiger partial charge in [0, 0.05) is 30.0 Å². The zero-order valence-electron chi connectivity index (χ0n) is 12.3. The van der Waals surface area contributed by atoms with Gasteiger partial charge in [-0.3, -0.25) is 9.97 Å². The number of methoxy groups -OCH3 is 2. The van der Waals surface area contributed by atoms with Crippen LogP contribution >= 0.6 is 15.9 Å². The van der Waals surface area contributed by atoms with Crippen molar-refractivity contribution < 1.29 is 9.47 Å². The van der Waals surface area contributed by atoms with Gasteiger partial charge in [0.1, 0.15) is 0 Å². The summed E-state index contributed by atoms with van der Waals surface area (Å²) in [6.45, 7) is 3.27. The van der Waals surface area contributed by atoms with Gasteiger partial charge in [0.25, 0.3) is 0 Å². The number of aromatic nitrogens is 2. The summed E-state index contributed by atoms with van der Waals surface area (Å²) in [5.41, 5.74) is 2.92. The molecule has 5 nitrogen and oxygen atoms in total. The lowest BCUT2D eigenvalue weighted by Gasteiger charge is -2.12. The van der Waals surface area contributed by atoms with Crippen molar-refractivity contribution in [2.24, 2.45) is 0 Å². The number of benzene rings is 1. The molecule has 0 aliphatic carbocycles. The van der Waals surface area contributed by atoms with Crippen molar-refractivity contribution in [1.29, 1.82) is 0 Å². The second-order valence-corrected chi connectivity index (χ2v) is 5.41. The minimum Gasteiger partial charge on any atom is -0.493 e. The van der Waals surface area contributed by atoms with E-state index in [0.29, 0.717) is 24.6 Å². The van der Waals surface area contributed by atoms with E-state index in [0.717, 1.165) is 21.4 Å². The van der Waals surface area contributed by atoms with E-state index in [9.17, 15) is 0 Å². The largest absolute Gasteiger partial charge is 0.493 e. The maximum Gasteiger partial charge on any atom is 0.161 e. The van der Waals surface area contributed by atoms with Crippen molar-refractivity contribution in [2.45, 2.75) is 20.0 Å². The van der Waals surface area contributed by atoms with Crippen molar-refractivity contribution in [2.75, 3.05) is 14.2 Å². The van der Waals surface area contributed by atoms with E-state index in [1.165, 1.54) is 0 Å². The zero-order chi connectivity index (χ0) is 15.2. The molecule has 6 heteroatoms. The van der Waals surface area contributed by atoms with Crippen LogP contribution in [0.5, 0.6) is 11.5 Å². The molecule has 0 atom stereocenters. The lowest BCUT2D eigenvalue weighted by Crippen LogP contribution is -2.14. The summed E-state index contributed by atoms with van der Waals surface area (Å²) in [6.07, 6.45) is 3.55. The summed E-state index contributed by atoms with van der Waals surface area (Å²) in [5, 5.41) is 3.34. The molecule has 0 saturated heterocycles. The average molecular weight is 352 g/mol. The van der Waals surface area contributed by atoms with E-state index < -0.39 is 0 Å². The van der Waals surface area contributed by atoms with E-state index in [1.54, 1.807) is 26.6 Å². The molecule has 0 unspecified atom stereocenters. The summed E-state index contributed by atoms with van der Waals surface area (Å²) < 4.78 is 11.6. The first-order chi connectivity index (χ1) is 10.1. The molecule has 0 bridgehead atoms. The molecule has 112 valence electrons. The van der Waals surface area contributed by atoms with E-state index in [-0.39, 0.29) is 0 Å². The Labute approximate surface area is 132 Å². The highest BCUT2D eigenvalue weighted by Gasteiger charge is 2.09. The highest BCUT2D eigenvalue weighted by Crippen LogP contribution is 2.33.